The van der Waals surface area contributed by atoms with E-state index >= 15 is 0 Å². The van der Waals surface area contributed by atoms with Crippen LogP contribution in [-0.2, 0) is 0 Å². The highest BCUT2D eigenvalue weighted by atomic mass is 16.5. The van der Waals surface area contributed by atoms with Gasteiger partial charge in [0, 0.05) is 0 Å². The summed E-state index contributed by atoms with van der Waals surface area (Å²) in [4.78, 5) is 0. The minimum absolute atomic E-state index is 0.00940. The first kappa shape index (κ1) is 9.38. The summed E-state index contributed by atoms with van der Waals surface area (Å²) < 4.78 is 5.97. The molecule has 0 atom stereocenters. The average Bonchev–Trinajstić information content (AvgIpc) is 2.57. The predicted molar refractivity (Wildman–Crippen MR) is 58.4 cm³/mol. The van der Waals surface area contributed by atoms with Gasteiger partial charge in [0.25, 0.3) is 0 Å². The third-order valence-corrected chi connectivity index (χ3v) is 2.94. The maximum atomic E-state index is 5.97. The Balaban J connectivity index is 2.14. The molecule has 1 fully saturated rings. The molecule has 2 nitrogen and oxygen atoms in total. The van der Waals surface area contributed by atoms with Gasteiger partial charge in [0.15, 0.2) is 0 Å². The number of anilines is 1. The van der Waals surface area contributed by atoms with Crippen LogP contribution in [0.2, 0.25) is 0 Å². The molecule has 0 spiro atoms. The summed E-state index contributed by atoms with van der Waals surface area (Å²) >= 11 is 0. The Bertz CT molecular complexity index is 316. The summed E-state index contributed by atoms with van der Waals surface area (Å²) in [6.07, 6.45) is 4.81. The fraction of sp³-hybridized carbons (Fsp3) is 0.500. The number of para-hydroxylation sites is 2. The molecule has 1 aliphatic carbocycles. The maximum Gasteiger partial charge on any atom is 0.143 e. The van der Waals surface area contributed by atoms with Crippen molar-refractivity contribution in [1.82, 2.24) is 0 Å². The van der Waals surface area contributed by atoms with Crippen LogP contribution in [0.4, 0.5) is 5.69 Å². The minimum atomic E-state index is 0.00940. The van der Waals surface area contributed by atoms with E-state index in [2.05, 4.69) is 6.92 Å². The quantitative estimate of drug-likeness (QED) is 0.729. The first-order chi connectivity index (χ1) is 6.70. The predicted octanol–water partition coefficient (Wildman–Crippen LogP) is 2.98. The smallest absolute Gasteiger partial charge is 0.143 e. The van der Waals surface area contributed by atoms with Crippen molar-refractivity contribution in [2.45, 2.75) is 38.2 Å². The Hall–Kier alpha value is -1.18. The van der Waals surface area contributed by atoms with Gasteiger partial charge in [-0.3, -0.25) is 0 Å². The van der Waals surface area contributed by atoms with Crippen LogP contribution < -0.4 is 10.5 Å². The average molecular weight is 191 g/mol. The van der Waals surface area contributed by atoms with Crippen molar-refractivity contribution in [2.24, 2.45) is 0 Å². The molecular weight excluding hydrogens is 174 g/mol. The van der Waals surface area contributed by atoms with Gasteiger partial charge in [0.1, 0.15) is 11.4 Å². The van der Waals surface area contributed by atoms with Crippen molar-refractivity contribution in [2.75, 3.05) is 5.73 Å². The van der Waals surface area contributed by atoms with E-state index in [0.29, 0.717) is 0 Å². The second-order valence-electron chi connectivity index (χ2n) is 4.30. The molecule has 1 aromatic rings. The van der Waals surface area contributed by atoms with Crippen molar-refractivity contribution in [1.29, 1.82) is 0 Å². The number of hydrogen-bond donors (Lipinski definition) is 1. The summed E-state index contributed by atoms with van der Waals surface area (Å²) in [6, 6.07) is 7.72. The lowest BCUT2D eigenvalue weighted by atomic mass is 10.1. The number of nitrogens with two attached hydrogens (primary N) is 1. The molecule has 1 saturated carbocycles. The molecule has 2 rings (SSSR count). The fourth-order valence-corrected chi connectivity index (χ4v) is 2.06. The van der Waals surface area contributed by atoms with Crippen LogP contribution in [0.1, 0.15) is 32.6 Å². The van der Waals surface area contributed by atoms with Crippen molar-refractivity contribution >= 4 is 5.69 Å². The third-order valence-electron chi connectivity index (χ3n) is 2.94. The lowest BCUT2D eigenvalue weighted by molar-refractivity contribution is 0.0978. The standard InChI is InChI=1S/C12H17NO/c1-12(8-4-5-9-12)14-11-7-3-2-6-10(11)13/h2-3,6-7H,4-5,8-9,13H2,1H3. The minimum Gasteiger partial charge on any atom is -0.485 e. The molecular formula is C12H17NO. The number of ether oxygens (including phenoxy) is 1. The van der Waals surface area contributed by atoms with Crippen LogP contribution in [0.3, 0.4) is 0 Å². The molecule has 0 aromatic heterocycles. The molecule has 0 aliphatic heterocycles. The Kier molecular flexibility index (Phi) is 2.36. The van der Waals surface area contributed by atoms with Crippen LogP contribution in [0.25, 0.3) is 0 Å². The van der Waals surface area contributed by atoms with E-state index in [1.54, 1.807) is 0 Å². The summed E-state index contributed by atoms with van der Waals surface area (Å²) in [5.41, 5.74) is 6.58. The van der Waals surface area contributed by atoms with E-state index in [1.807, 2.05) is 24.3 Å². The Morgan fingerprint density at radius 1 is 1.21 bits per heavy atom. The molecule has 2 N–H and O–H groups in total. The van der Waals surface area contributed by atoms with Gasteiger partial charge in [-0.05, 0) is 44.7 Å². The van der Waals surface area contributed by atoms with Crippen LogP contribution in [0.5, 0.6) is 5.75 Å². The highest BCUT2D eigenvalue weighted by Gasteiger charge is 2.30. The maximum absolute atomic E-state index is 5.97. The lowest BCUT2D eigenvalue weighted by Gasteiger charge is -2.26. The zero-order valence-electron chi connectivity index (χ0n) is 8.62. The van der Waals surface area contributed by atoms with Gasteiger partial charge in [-0.1, -0.05) is 12.1 Å². The van der Waals surface area contributed by atoms with Gasteiger partial charge in [-0.25, -0.2) is 0 Å². The Labute approximate surface area is 85.1 Å². The van der Waals surface area contributed by atoms with Crippen LogP contribution in [0.15, 0.2) is 24.3 Å². The molecule has 2 heteroatoms. The van der Waals surface area contributed by atoms with E-state index < -0.39 is 0 Å². The summed E-state index contributed by atoms with van der Waals surface area (Å²) in [6.45, 7) is 2.17. The van der Waals surface area contributed by atoms with Crippen molar-refractivity contribution in [3.8, 4) is 5.75 Å². The number of benzene rings is 1. The van der Waals surface area contributed by atoms with Gasteiger partial charge in [0.2, 0.25) is 0 Å². The molecule has 14 heavy (non-hydrogen) atoms. The molecule has 0 heterocycles. The third kappa shape index (κ3) is 1.84. The topological polar surface area (TPSA) is 35.2 Å². The summed E-state index contributed by atoms with van der Waals surface area (Å²) in [5.74, 6) is 0.830. The van der Waals surface area contributed by atoms with Gasteiger partial charge >= 0.3 is 0 Å². The van der Waals surface area contributed by atoms with E-state index in [0.717, 1.165) is 24.3 Å². The highest BCUT2D eigenvalue weighted by molar-refractivity contribution is 5.52. The van der Waals surface area contributed by atoms with Crippen molar-refractivity contribution in [3.05, 3.63) is 24.3 Å². The van der Waals surface area contributed by atoms with Gasteiger partial charge < -0.3 is 10.5 Å². The van der Waals surface area contributed by atoms with Crippen LogP contribution in [-0.4, -0.2) is 5.60 Å². The molecule has 0 radical (unpaired) electrons. The Morgan fingerprint density at radius 3 is 2.50 bits per heavy atom. The van der Waals surface area contributed by atoms with E-state index in [4.69, 9.17) is 10.5 Å². The zero-order chi connectivity index (χ0) is 10.0. The van der Waals surface area contributed by atoms with Gasteiger partial charge in [-0.2, -0.15) is 0 Å². The molecule has 1 aromatic carbocycles. The first-order valence-electron chi connectivity index (χ1n) is 5.23. The molecule has 1 aliphatic rings. The molecule has 0 bridgehead atoms. The zero-order valence-corrected chi connectivity index (χ0v) is 8.62. The van der Waals surface area contributed by atoms with E-state index in [1.165, 1.54) is 12.8 Å². The lowest BCUT2D eigenvalue weighted by Crippen LogP contribution is -2.28. The van der Waals surface area contributed by atoms with Crippen LogP contribution in [0, 0.1) is 0 Å². The van der Waals surface area contributed by atoms with Crippen LogP contribution >= 0.6 is 0 Å². The van der Waals surface area contributed by atoms with Gasteiger partial charge in [-0.15, -0.1) is 0 Å². The normalized spacial score (nSPS) is 19.5. The summed E-state index contributed by atoms with van der Waals surface area (Å²) in [5, 5.41) is 0. The van der Waals surface area contributed by atoms with E-state index in [-0.39, 0.29) is 5.60 Å². The number of rotatable bonds is 2. The molecule has 0 unspecified atom stereocenters. The number of nitrogen functional groups attached to an aromatic ring is 1. The second-order valence-corrected chi connectivity index (χ2v) is 4.30. The van der Waals surface area contributed by atoms with Crippen molar-refractivity contribution in [3.63, 3.8) is 0 Å². The summed E-state index contributed by atoms with van der Waals surface area (Å²) in [7, 11) is 0. The molecule has 76 valence electrons. The second kappa shape index (κ2) is 3.52. The number of hydrogen-bond acceptors (Lipinski definition) is 2. The monoisotopic (exact) mass is 191 g/mol. The molecule has 0 amide bonds. The van der Waals surface area contributed by atoms with Crippen molar-refractivity contribution < 1.29 is 4.74 Å². The SMILES string of the molecule is CC1(Oc2ccccc2N)CCCC1. The Morgan fingerprint density at radius 2 is 1.86 bits per heavy atom. The largest absolute Gasteiger partial charge is 0.485 e. The first-order valence-corrected chi connectivity index (χ1v) is 5.23. The molecule has 0 saturated heterocycles. The van der Waals surface area contributed by atoms with E-state index in [9.17, 15) is 0 Å². The highest BCUT2D eigenvalue weighted by Crippen LogP contribution is 2.35. The fourth-order valence-electron chi connectivity index (χ4n) is 2.06. The van der Waals surface area contributed by atoms with Gasteiger partial charge in [0.05, 0.1) is 5.69 Å².